The standard InChI is InChI=1S/C72H127N9O33/c1-44(85)76-58-64(94)61(91)51(38-82)112-70(58)109-34-31-103-22-19-100-25-28-106-41-54(88)73-17-8-6-15-49(79-56(90)43-108-30-27-102-21-24-105-33-36-111-72-60(78-46(3)87)66(96)63(93)53(40-84)114-72)67(97)80-50(68(98)81-57(48-13-4-5-14-48)69(99)75-37-47-11-10-12-47)16-7-9-18-74-55(89)42-107-29-26-101-20-23-104-32-35-110-71-59(77-45(2)86)65(95)62(92)52(39-83)113-71/h47-53,57-66,70-72,82-84,91-96H,4-43H2,1-3H3,(H,73,88)(H,74,89)(H,75,99)(H,76,85)(H,77,86)(H,78,87)(H,79,90)(H,80,97)(H,81,98)/t49?,50?,51-,52-,53-,57?,58-,59-,60-,61+,62+,63+,64-,65-,66-,70-,71-,72-/m1/s1. The summed E-state index contributed by atoms with van der Waals surface area (Å²) < 4.78 is 83.2. The molecule has 5 fully saturated rings. The van der Waals surface area contributed by atoms with Crippen LogP contribution in [-0.4, -0.2) is 387 Å². The lowest BCUT2D eigenvalue weighted by Gasteiger charge is -2.42. The van der Waals surface area contributed by atoms with E-state index >= 15 is 0 Å². The molecule has 2 aliphatic carbocycles. The summed E-state index contributed by atoms with van der Waals surface area (Å²) in [7, 11) is 0. The third kappa shape index (κ3) is 37.9. The summed E-state index contributed by atoms with van der Waals surface area (Å²) >= 11 is 0. The van der Waals surface area contributed by atoms with Crippen LogP contribution < -0.4 is 47.9 Å². The number of ether oxygens (including phenoxy) is 15. The first kappa shape index (κ1) is 98.8. The average molecular weight is 1650 g/mol. The van der Waals surface area contributed by atoms with Gasteiger partial charge in [-0.15, -0.1) is 0 Å². The monoisotopic (exact) mass is 1650 g/mol. The van der Waals surface area contributed by atoms with Gasteiger partial charge in [-0.3, -0.25) is 43.2 Å². The molecule has 0 aromatic heterocycles. The number of aliphatic hydroxyl groups is 9. The largest absolute Gasteiger partial charge is 0.394 e. The number of hydrogen-bond donors (Lipinski definition) is 18. The van der Waals surface area contributed by atoms with Crippen LogP contribution in [0.5, 0.6) is 0 Å². The second-order valence-corrected chi connectivity index (χ2v) is 28.2. The average Bonchev–Trinajstić information content (AvgIpc) is 1.08. The molecule has 2 saturated carbocycles. The van der Waals surface area contributed by atoms with Gasteiger partial charge < -0.3 is 165 Å². The molecule has 42 heteroatoms. The Morgan fingerprint density at radius 2 is 0.684 bits per heavy atom. The van der Waals surface area contributed by atoms with E-state index in [1.807, 2.05) is 0 Å². The fraction of sp³-hybridized carbons (Fsp3) is 0.875. The first-order chi connectivity index (χ1) is 55.0. The summed E-state index contributed by atoms with van der Waals surface area (Å²) in [5.74, 6) is -4.44. The highest BCUT2D eigenvalue weighted by molar-refractivity contribution is 5.94. The third-order valence-corrected chi connectivity index (χ3v) is 19.2. The van der Waals surface area contributed by atoms with Crippen molar-refractivity contribution in [2.24, 2.45) is 11.8 Å². The van der Waals surface area contributed by atoms with Gasteiger partial charge in [-0.25, -0.2) is 0 Å². The van der Waals surface area contributed by atoms with Crippen molar-refractivity contribution in [3.63, 3.8) is 0 Å². The number of hydrogen-bond acceptors (Lipinski definition) is 33. The molecule has 5 aliphatic rings. The van der Waals surface area contributed by atoms with E-state index in [4.69, 9.17) is 71.1 Å². The third-order valence-electron chi connectivity index (χ3n) is 19.2. The van der Waals surface area contributed by atoms with Crippen molar-refractivity contribution in [1.82, 2.24) is 47.9 Å². The minimum absolute atomic E-state index is 0.0191. The summed E-state index contributed by atoms with van der Waals surface area (Å²) in [6, 6.07) is -6.61. The van der Waals surface area contributed by atoms with Crippen LogP contribution in [0.1, 0.15) is 104 Å². The Bertz CT molecular complexity index is 2760. The van der Waals surface area contributed by atoms with Crippen molar-refractivity contribution >= 4 is 53.2 Å². The summed E-state index contributed by atoms with van der Waals surface area (Å²) in [6.45, 7) is 2.98. The molecule has 0 spiro atoms. The fourth-order valence-corrected chi connectivity index (χ4v) is 12.9. The highest BCUT2D eigenvalue weighted by Crippen LogP contribution is 2.30. The zero-order chi connectivity index (χ0) is 83.0. The summed E-state index contributed by atoms with van der Waals surface area (Å²) in [4.78, 5) is 117. The number of amides is 9. The maximum atomic E-state index is 14.6. The lowest BCUT2D eigenvalue weighted by Crippen LogP contribution is -2.64. The van der Waals surface area contributed by atoms with Crippen molar-refractivity contribution in [3.8, 4) is 0 Å². The van der Waals surface area contributed by atoms with E-state index in [-0.39, 0.29) is 170 Å². The quantitative estimate of drug-likeness (QED) is 0.0252. The van der Waals surface area contributed by atoms with Gasteiger partial charge in [-0.05, 0) is 76.0 Å². The van der Waals surface area contributed by atoms with Crippen LogP contribution in [0.3, 0.4) is 0 Å². The molecule has 658 valence electrons. The Labute approximate surface area is 663 Å². The zero-order valence-electron chi connectivity index (χ0n) is 65.7. The number of carbonyl (C=O) groups excluding carboxylic acids is 9. The molecule has 3 aliphatic heterocycles. The maximum Gasteiger partial charge on any atom is 0.246 e. The molecule has 114 heavy (non-hydrogen) atoms. The highest BCUT2D eigenvalue weighted by Gasteiger charge is 2.48. The molecule has 42 nitrogen and oxygen atoms in total. The van der Waals surface area contributed by atoms with Crippen molar-refractivity contribution in [3.05, 3.63) is 0 Å². The van der Waals surface area contributed by atoms with Crippen molar-refractivity contribution in [2.75, 3.05) is 178 Å². The normalized spacial score (nSPS) is 25.9. The minimum atomic E-state index is -1.48. The van der Waals surface area contributed by atoms with E-state index in [1.54, 1.807) is 0 Å². The van der Waals surface area contributed by atoms with Crippen LogP contribution in [0.25, 0.3) is 0 Å². The van der Waals surface area contributed by atoms with Gasteiger partial charge in [0.05, 0.1) is 139 Å². The smallest absolute Gasteiger partial charge is 0.246 e. The molecule has 18 N–H and O–H groups in total. The van der Waals surface area contributed by atoms with E-state index in [2.05, 4.69) is 47.9 Å². The molecule has 0 aromatic rings. The molecule has 3 heterocycles. The van der Waals surface area contributed by atoms with Crippen LogP contribution in [0, 0.1) is 11.8 Å². The molecule has 0 aromatic carbocycles. The van der Waals surface area contributed by atoms with E-state index in [9.17, 15) is 89.1 Å². The molecule has 3 unspecified atom stereocenters. The molecule has 0 radical (unpaired) electrons. The first-order valence-corrected chi connectivity index (χ1v) is 39.4. The molecule has 18 atom stereocenters. The Morgan fingerprint density at radius 3 is 1.02 bits per heavy atom. The van der Waals surface area contributed by atoms with Crippen LogP contribution >= 0.6 is 0 Å². The van der Waals surface area contributed by atoms with E-state index in [0.717, 1.165) is 32.1 Å². The maximum absolute atomic E-state index is 14.6. The van der Waals surface area contributed by atoms with Gasteiger partial charge in [0, 0.05) is 40.4 Å². The molecule has 9 amide bonds. The Kier molecular flexibility index (Phi) is 49.8. The van der Waals surface area contributed by atoms with Gasteiger partial charge in [0.1, 0.15) is 111 Å². The predicted octanol–water partition coefficient (Wildman–Crippen LogP) is -7.85. The summed E-state index contributed by atoms with van der Waals surface area (Å²) in [6.07, 6.45) is -8.06. The number of rotatable bonds is 61. The molecule has 0 bridgehead atoms. The highest BCUT2D eigenvalue weighted by atomic mass is 16.7. The second-order valence-electron chi connectivity index (χ2n) is 28.2. The van der Waals surface area contributed by atoms with Gasteiger partial charge in [-0.2, -0.15) is 0 Å². The Balaban J connectivity index is 1.08. The van der Waals surface area contributed by atoms with Crippen molar-refractivity contribution in [1.29, 1.82) is 0 Å². The first-order valence-electron chi connectivity index (χ1n) is 39.4. The summed E-state index contributed by atoms with van der Waals surface area (Å²) in [5.41, 5.74) is 0. The van der Waals surface area contributed by atoms with E-state index < -0.39 is 184 Å². The van der Waals surface area contributed by atoms with Crippen molar-refractivity contribution < 1.29 is 160 Å². The summed E-state index contributed by atoms with van der Waals surface area (Å²) in [5, 5.41) is 115. The number of nitrogens with one attached hydrogen (secondary N) is 9. The van der Waals surface area contributed by atoms with Gasteiger partial charge in [-0.1, -0.05) is 19.3 Å². The Hall–Kier alpha value is -5.73. The van der Waals surface area contributed by atoms with Crippen LogP contribution in [0.4, 0.5) is 0 Å². The van der Waals surface area contributed by atoms with E-state index in [1.165, 1.54) is 20.8 Å². The van der Waals surface area contributed by atoms with Gasteiger partial charge in [0.25, 0.3) is 0 Å². The minimum Gasteiger partial charge on any atom is -0.394 e. The molecular formula is C72H127N9O33. The topological polar surface area (TPSA) is 582 Å². The van der Waals surface area contributed by atoms with Crippen LogP contribution in [-0.2, 0) is 114 Å². The van der Waals surface area contributed by atoms with Gasteiger partial charge in [0.15, 0.2) is 18.9 Å². The SMILES string of the molecule is CC(=O)N[C@H]1[C@H](OCCOCCOCCOCC(=O)NCCCCC(NC(=O)COCCOCCOCCO[C@@H]2O[C@H](CO)[C@H](O)[C@H](O)[C@H]2NC(C)=O)C(=O)NC(CCCCNC(=O)COCCOCCOCCO[C@@H]2O[C@H](CO)[C@H](O)[C@H](O)[C@H]2NC(C)=O)C(=O)NC(C(=O)NCC2CCC2)C2CCCC2)O[C@H](CO)[C@H](O)[C@@H]1O. The molecule has 3 saturated heterocycles. The number of unbranched alkanes of at least 4 members (excludes halogenated alkanes) is 2. The zero-order valence-corrected chi connectivity index (χ0v) is 65.7. The molecular weight excluding hydrogens is 1520 g/mol. The Morgan fingerprint density at radius 1 is 0.360 bits per heavy atom. The number of aliphatic hydroxyl groups excluding tert-OH is 9. The lowest BCUT2D eigenvalue weighted by atomic mass is 9.85. The molecule has 5 rings (SSSR count). The lowest BCUT2D eigenvalue weighted by molar-refractivity contribution is -0.272. The number of carbonyl (C=O) groups is 9. The second kappa shape index (κ2) is 57.4. The van der Waals surface area contributed by atoms with Crippen LogP contribution in [0.2, 0.25) is 0 Å². The fourth-order valence-electron chi connectivity index (χ4n) is 12.9. The van der Waals surface area contributed by atoms with E-state index in [0.29, 0.717) is 51.0 Å². The van der Waals surface area contributed by atoms with Gasteiger partial charge in [0.2, 0.25) is 53.2 Å². The predicted molar refractivity (Wildman–Crippen MR) is 393 cm³/mol. The van der Waals surface area contributed by atoms with Crippen molar-refractivity contribution in [2.45, 2.75) is 214 Å². The van der Waals surface area contributed by atoms with Crippen LogP contribution in [0.15, 0.2) is 0 Å². The van der Waals surface area contributed by atoms with Gasteiger partial charge >= 0.3 is 0 Å².